The number of hydrogen-bond donors (Lipinski definition) is 1. The van der Waals surface area contributed by atoms with E-state index in [4.69, 9.17) is 4.98 Å². The molecule has 4 aromatic rings. The van der Waals surface area contributed by atoms with E-state index >= 15 is 0 Å². The molecule has 5 nitrogen and oxygen atoms in total. The second-order valence-electron chi connectivity index (χ2n) is 6.44. The lowest BCUT2D eigenvalue weighted by Gasteiger charge is -2.13. The summed E-state index contributed by atoms with van der Waals surface area (Å²) in [5.74, 6) is 0. The van der Waals surface area contributed by atoms with Crippen LogP contribution in [-0.2, 0) is 6.54 Å². The van der Waals surface area contributed by atoms with Crippen LogP contribution in [0.5, 0.6) is 0 Å². The Morgan fingerprint density at radius 3 is 2.67 bits per heavy atom. The minimum absolute atomic E-state index is 0.0666. The van der Waals surface area contributed by atoms with Gasteiger partial charge in [-0.3, -0.25) is 9.36 Å². The van der Waals surface area contributed by atoms with Crippen LogP contribution < -0.4 is 10.9 Å². The third kappa shape index (κ3) is 3.28. The number of aryl methyl sites for hydroxylation is 2. The highest BCUT2D eigenvalue weighted by molar-refractivity contribution is 9.10. The molecule has 0 fully saturated rings. The van der Waals surface area contributed by atoms with E-state index in [1.807, 2.05) is 54.8 Å². The SMILES string of the molecule is Cc1nc2c(NCc3ccccc3Br)cc(-n3ccccc3=O)cn2c1C. The number of rotatable bonds is 4. The Kier molecular flexibility index (Phi) is 4.58. The molecule has 27 heavy (non-hydrogen) atoms. The summed E-state index contributed by atoms with van der Waals surface area (Å²) in [4.78, 5) is 17.0. The first-order valence-corrected chi connectivity index (χ1v) is 9.48. The van der Waals surface area contributed by atoms with Crippen molar-refractivity contribution in [2.45, 2.75) is 20.4 Å². The van der Waals surface area contributed by atoms with Crippen LogP contribution >= 0.6 is 15.9 Å². The molecule has 6 heteroatoms. The average Bonchev–Trinajstić information content (AvgIpc) is 2.96. The summed E-state index contributed by atoms with van der Waals surface area (Å²) in [6, 6.07) is 15.2. The first-order valence-electron chi connectivity index (χ1n) is 8.69. The Morgan fingerprint density at radius 2 is 1.89 bits per heavy atom. The Labute approximate surface area is 165 Å². The molecule has 3 aromatic heterocycles. The standard InChI is InChI=1S/C21H19BrN4O/c1-14-15(2)26-13-17(25-10-6-5-9-20(25)27)11-19(21(26)24-14)23-12-16-7-3-4-8-18(16)22/h3-11,13,23H,12H2,1-2H3. The lowest BCUT2D eigenvalue weighted by atomic mass is 10.2. The van der Waals surface area contributed by atoms with Crippen molar-refractivity contribution in [1.29, 1.82) is 0 Å². The maximum Gasteiger partial charge on any atom is 0.255 e. The molecule has 0 saturated heterocycles. The number of pyridine rings is 2. The fourth-order valence-electron chi connectivity index (χ4n) is 3.09. The second kappa shape index (κ2) is 7.04. The van der Waals surface area contributed by atoms with Crippen LogP contribution in [0.2, 0.25) is 0 Å². The lowest BCUT2D eigenvalue weighted by molar-refractivity contribution is 0.959. The van der Waals surface area contributed by atoms with Gasteiger partial charge in [0.05, 0.1) is 17.1 Å². The van der Waals surface area contributed by atoms with E-state index in [0.717, 1.165) is 38.4 Å². The summed E-state index contributed by atoms with van der Waals surface area (Å²) < 4.78 is 4.73. The summed E-state index contributed by atoms with van der Waals surface area (Å²) in [6.07, 6.45) is 3.73. The van der Waals surface area contributed by atoms with Crippen molar-refractivity contribution >= 4 is 27.3 Å². The van der Waals surface area contributed by atoms with Crippen LogP contribution in [0, 0.1) is 13.8 Å². The molecule has 0 aliphatic rings. The molecular formula is C21H19BrN4O. The molecule has 136 valence electrons. The van der Waals surface area contributed by atoms with Gasteiger partial charge in [-0.15, -0.1) is 0 Å². The van der Waals surface area contributed by atoms with Crippen molar-refractivity contribution < 1.29 is 0 Å². The molecule has 1 aromatic carbocycles. The molecule has 0 atom stereocenters. The van der Waals surface area contributed by atoms with Crippen LogP contribution in [0.15, 0.2) is 70.2 Å². The van der Waals surface area contributed by atoms with Gasteiger partial charge in [0.1, 0.15) is 0 Å². The van der Waals surface area contributed by atoms with Crippen LogP contribution in [0.3, 0.4) is 0 Å². The predicted molar refractivity (Wildman–Crippen MR) is 112 cm³/mol. The third-order valence-electron chi connectivity index (χ3n) is 4.71. The summed E-state index contributed by atoms with van der Waals surface area (Å²) in [5.41, 5.74) is 5.64. The Morgan fingerprint density at radius 1 is 1.11 bits per heavy atom. The highest BCUT2D eigenvalue weighted by Gasteiger charge is 2.12. The van der Waals surface area contributed by atoms with Gasteiger partial charge < -0.3 is 9.72 Å². The Balaban J connectivity index is 1.83. The van der Waals surface area contributed by atoms with Gasteiger partial charge in [0.2, 0.25) is 0 Å². The van der Waals surface area contributed by atoms with Crippen LogP contribution in [-0.4, -0.2) is 14.0 Å². The quantitative estimate of drug-likeness (QED) is 0.527. The van der Waals surface area contributed by atoms with Gasteiger partial charge in [0, 0.05) is 35.2 Å². The zero-order chi connectivity index (χ0) is 19.0. The highest BCUT2D eigenvalue weighted by Crippen LogP contribution is 2.25. The summed E-state index contributed by atoms with van der Waals surface area (Å²) in [7, 11) is 0. The zero-order valence-corrected chi connectivity index (χ0v) is 16.7. The number of anilines is 1. The molecule has 0 aliphatic carbocycles. The number of benzene rings is 1. The van der Waals surface area contributed by atoms with Gasteiger partial charge in [-0.25, -0.2) is 4.98 Å². The van der Waals surface area contributed by atoms with Crippen LogP contribution in [0.25, 0.3) is 11.3 Å². The number of fused-ring (bicyclic) bond motifs is 1. The second-order valence-corrected chi connectivity index (χ2v) is 7.30. The van der Waals surface area contributed by atoms with Gasteiger partial charge in [-0.2, -0.15) is 0 Å². The van der Waals surface area contributed by atoms with Gasteiger partial charge >= 0.3 is 0 Å². The van der Waals surface area contributed by atoms with Crippen molar-refractivity contribution in [1.82, 2.24) is 14.0 Å². The molecule has 1 N–H and O–H groups in total. The van der Waals surface area contributed by atoms with Crippen LogP contribution in [0.4, 0.5) is 5.69 Å². The number of nitrogens with zero attached hydrogens (tertiary/aromatic N) is 3. The molecule has 0 radical (unpaired) electrons. The van der Waals surface area contributed by atoms with Gasteiger partial charge in [0.25, 0.3) is 5.56 Å². The molecular weight excluding hydrogens is 404 g/mol. The zero-order valence-electron chi connectivity index (χ0n) is 15.1. The van der Waals surface area contributed by atoms with E-state index < -0.39 is 0 Å². The first-order chi connectivity index (χ1) is 13.0. The number of imidazole rings is 1. The minimum atomic E-state index is -0.0666. The molecule has 4 rings (SSSR count). The fraction of sp³-hybridized carbons (Fsp3) is 0.143. The van der Waals surface area contributed by atoms with E-state index in [9.17, 15) is 4.79 Å². The van der Waals surface area contributed by atoms with Gasteiger partial charge in [0.15, 0.2) is 5.65 Å². The number of nitrogens with one attached hydrogen (secondary N) is 1. The Hall–Kier alpha value is -2.86. The van der Waals surface area contributed by atoms with Gasteiger partial charge in [-0.05, 0) is 37.6 Å². The average molecular weight is 423 g/mol. The number of halogens is 1. The van der Waals surface area contributed by atoms with Crippen molar-refractivity contribution in [3.63, 3.8) is 0 Å². The van der Waals surface area contributed by atoms with Crippen molar-refractivity contribution in [3.8, 4) is 5.69 Å². The predicted octanol–water partition coefficient (Wildman–Crippen LogP) is 4.48. The van der Waals surface area contributed by atoms with Crippen molar-refractivity contribution in [2.24, 2.45) is 0 Å². The van der Waals surface area contributed by atoms with Gasteiger partial charge in [-0.1, -0.05) is 40.2 Å². The maximum atomic E-state index is 12.3. The number of hydrogen-bond acceptors (Lipinski definition) is 3. The third-order valence-corrected chi connectivity index (χ3v) is 5.48. The highest BCUT2D eigenvalue weighted by atomic mass is 79.9. The lowest BCUT2D eigenvalue weighted by Crippen LogP contribution is -2.16. The monoisotopic (exact) mass is 422 g/mol. The summed E-state index contributed by atoms with van der Waals surface area (Å²) >= 11 is 3.59. The molecule has 0 aliphatic heterocycles. The first kappa shape index (κ1) is 17.5. The maximum absolute atomic E-state index is 12.3. The molecule has 0 saturated carbocycles. The van der Waals surface area contributed by atoms with Crippen molar-refractivity contribution in [2.75, 3.05) is 5.32 Å². The summed E-state index contributed by atoms with van der Waals surface area (Å²) in [5, 5.41) is 3.49. The smallest absolute Gasteiger partial charge is 0.255 e. The molecule has 3 heterocycles. The van der Waals surface area contributed by atoms with Crippen LogP contribution in [0.1, 0.15) is 17.0 Å². The van der Waals surface area contributed by atoms with E-state index in [-0.39, 0.29) is 5.56 Å². The molecule has 0 bridgehead atoms. The molecule has 0 amide bonds. The minimum Gasteiger partial charge on any atom is -0.378 e. The largest absolute Gasteiger partial charge is 0.378 e. The molecule has 0 spiro atoms. The summed E-state index contributed by atoms with van der Waals surface area (Å²) in [6.45, 7) is 4.67. The van der Waals surface area contributed by atoms with E-state index in [0.29, 0.717) is 6.54 Å². The topological polar surface area (TPSA) is 51.3 Å². The van der Waals surface area contributed by atoms with E-state index in [1.165, 1.54) is 0 Å². The molecule has 0 unspecified atom stereocenters. The van der Waals surface area contributed by atoms with E-state index in [1.54, 1.807) is 22.9 Å². The Bertz CT molecular complexity index is 1190. The normalized spacial score (nSPS) is 11.1. The fourth-order valence-corrected chi connectivity index (χ4v) is 3.52. The van der Waals surface area contributed by atoms with Crippen molar-refractivity contribution in [3.05, 3.63) is 92.7 Å². The van der Waals surface area contributed by atoms with E-state index in [2.05, 4.69) is 27.3 Å². The number of aromatic nitrogens is 3.